The van der Waals surface area contributed by atoms with Crippen molar-refractivity contribution in [3.05, 3.63) is 6.07 Å². The molecular formula is C16H23N3O6. The average molecular weight is 353 g/mol. The number of nitrogens with zero attached hydrogens (tertiary/aromatic N) is 2. The molecule has 1 aliphatic rings. The van der Waals surface area contributed by atoms with Gasteiger partial charge in [-0.05, 0) is 19.3 Å². The number of esters is 1. The Bertz CT molecular complexity index is 567. The number of ether oxygens (including phenoxy) is 4. The van der Waals surface area contributed by atoms with E-state index in [1.165, 1.54) is 20.3 Å². The highest BCUT2D eigenvalue weighted by atomic mass is 16.6. The Morgan fingerprint density at radius 1 is 1.28 bits per heavy atom. The van der Waals surface area contributed by atoms with Crippen molar-refractivity contribution < 1.29 is 28.5 Å². The van der Waals surface area contributed by atoms with E-state index >= 15 is 0 Å². The lowest BCUT2D eigenvalue weighted by Gasteiger charge is -2.10. The van der Waals surface area contributed by atoms with Crippen LogP contribution in [-0.4, -0.2) is 55.4 Å². The molecule has 1 aromatic rings. The Morgan fingerprint density at radius 3 is 2.80 bits per heavy atom. The van der Waals surface area contributed by atoms with Crippen molar-refractivity contribution in [3.8, 4) is 11.9 Å². The molecule has 9 nitrogen and oxygen atoms in total. The van der Waals surface area contributed by atoms with E-state index in [-0.39, 0.29) is 55.1 Å². The van der Waals surface area contributed by atoms with Crippen LogP contribution in [0, 0.1) is 0 Å². The van der Waals surface area contributed by atoms with Gasteiger partial charge >= 0.3 is 12.0 Å². The zero-order valence-corrected chi connectivity index (χ0v) is 14.4. The maximum atomic E-state index is 11.9. The van der Waals surface area contributed by atoms with Gasteiger partial charge < -0.3 is 24.3 Å². The summed E-state index contributed by atoms with van der Waals surface area (Å²) in [7, 11) is 2.87. The molecule has 138 valence electrons. The number of aromatic nitrogens is 2. The number of carbonyl (C=O) groups excluding carboxylic acids is 2. The normalized spacial score (nSPS) is 16.3. The van der Waals surface area contributed by atoms with Crippen molar-refractivity contribution in [3.63, 3.8) is 0 Å². The van der Waals surface area contributed by atoms with E-state index in [0.717, 1.165) is 19.4 Å². The summed E-state index contributed by atoms with van der Waals surface area (Å²) in [6, 6.07) is 1.57. The van der Waals surface area contributed by atoms with Crippen molar-refractivity contribution in [1.29, 1.82) is 0 Å². The number of methoxy groups -OCH3 is 2. The van der Waals surface area contributed by atoms with Gasteiger partial charge in [-0.15, -0.1) is 0 Å². The predicted molar refractivity (Wildman–Crippen MR) is 87.5 cm³/mol. The third-order valence-corrected chi connectivity index (χ3v) is 3.58. The maximum Gasteiger partial charge on any atom is 0.321 e. The quantitative estimate of drug-likeness (QED) is 0.662. The highest BCUT2D eigenvalue weighted by molar-refractivity contribution is 5.90. The number of anilines is 1. The second kappa shape index (κ2) is 9.77. The molecular weight excluding hydrogens is 330 g/mol. The van der Waals surface area contributed by atoms with Crippen LogP contribution in [-0.2, 0) is 19.1 Å². The molecule has 0 bridgehead atoms. The third-order valence-electron chi connectivity index (χ3n) is 3.58. The van der Waals surface area contributed by atoms with Gasteiger partial charge in [-0.25, -0.2) is 0 Å². The molecule has 1 fully saturated rings. The zero-order valence-electron chi connectivity index (χ0n) is 14.4. The summed E-state index contributed by atoms with van der Waals surface area (Å²) in [6.45, 7) is 1.01. The second-order valence-corrected chi connectivity index (χ2v) is 5.50. The minimum atomic E-state index is -0.325. The standard InChI is InChI=1S/C16H23N3O6/c1-22-14-9-12(18-16(19-14)23-2)17-13(20)6-3-7-15(21)25-10-11-5-4-8-24-11/h9,11H,3-8,10H2,1-2H3,(H,17,18,19,20)/t11-/m1/s1. The molecule has 0 saturated carbocycles. The molecule has 1 N–H and O–H groups in total. The summed E-state index contributed by atoms with van der Waals surface area (Å²) in [5, 5.41) is 2.62. The van der Waals surface area contributed by atoms with Gasteiger partial charge in [0, 0.05) is 25.5 Å². The number of hydrogen-bond donors (Lipinski definition) is 1. The molecule has 1 aromatic heterocycles. The smallest absolute Gasteiger partial charge is 0.321 e. The van der Waals surface area contributed by atoms with Crippen LogP contribution in [0.2, 0.25) is 0 Å². The number of amides is 1. The first kappa shape index (κ1) is 18.9. The molecule has 0 aliphatic carbocycles. The molecule has 2 rings (SSSR count). The van der Waals surface area contributed by atoms with Crippen LogP contribution >= 0.6 is 0 Å². The van der Waals surface area contributed by atoms with Gasteiger partial charge in [0.2, 0.25) is 11.8 Å². The van der Waals surface area contributed by atoms with Crippen LogP contribution in [0.5, 0.6) is 11.9 Å². The molecule has 9 heteroatoms. The number of hydrogen-bond acceptors (Lipinski definition) is 8. The summed E-state index contributed by atoms with van der Waals surface area (Å²) in [6.07, 6.45) is 2.66. The van der Waals surface area contributed by atoms with E-state index in [2.05, 4.69) is 15.3 Å². The highest BCUT2D eigenvalue weighted by Gasteiger charge is 2.17. The average Bonchev–Trinajstić information content (AvgIpc) is 3.13. The van der Waals surface area contributed by atoms with E-state index in [1.807, 2.05) is 0 Å². The Balaban J connectivity index is 1.68. The van der Waals surface area contributed by atoms with Crippen molar-refractivity contribution in [2.24, 2.45) is 0 Å². The minimum absolute atomic E-state index is 0.00924. The van der Waals surface area contributed by atoms with Crippen LogP contribution in [0.25, 0.3) is 0 Å². The van der Waals surface area contributed by atoms with E-state index < -0.39 is 0 Å². The monoisotopic (exact) mass is 353 g/mol. The molecule has 1 aliphatic heterocycles. The molecule has 0 unspecified atom stereocenters. The first-order chi connectivity index (χ1) is 12.1. The summed E-state index contributed by atoms with van der Waals surface area (Å²) in [5.41, 5.74) is 0. The molecule has 25 heavy (non-hydrogen) atoms. The molecule has 1 amide bonds. The van der Waals surface area contributed by atoms with Gasteiger partial charge in [-0.2, -0.15) is 9.97 Å². The summed E-state index contributed by atoms with van der Waals surface area (Å²) in [5.74, 6) is -0.0436. The van der Waals surface area contributed by atoms with Gasteiger partial charge in [0.05, 0.1) is 20.3 Å². The van der Waals surface area contributed by atoms with Gasteiger partial charge in [-0.3, -0.25) is 9.59 Å². The highest BCUT2D eigenvalue weighted by Crippen LogP contribution is 2.17. The largest absolute Gasteiger partial charge is 0.481 e. The van der Waals surface area contributed by atoms with Crippen molar-refractivity contribution >= 4 is 17.7 Å². The van der Waals surface area contributed by atoms with Crippen molar-refractivity contribution in [2.45, 2.75) is 38.2 Å². The van der Waals surface area contributed by atoms with Crippen molar-refractivity contribution in [1.82, 2.24) is 9.97 Å². The van der Waals surface area contributed by atoms with Gasteiger partial charge in [0.1, 0.15) is 12.4 Å². The van der Waals surface area contributed by atoms with Gasteiger partial charge in [0.15, 0.2) is 0 Å². The Labute approximate surface area is 146 Å². The molecule has 1 atom stereocenters. The summed E-state index contributed by atoms with van der Waals surface area (Å²) < 4.78 is 20.5. The molecule has 1 saturated heterocycles. The SMILES string of the molecule is COc1cc(NC(=O)CCCC(=O)OC[C@H]2CCCO2)nc(OC)n1. The zero-order chi connectivity index (χ0) is 18.1. The van der Waals surface area contributed by atoms with Crippen LogP contribution < -0.4 is 14.8 Å². The third kappa shape index (κ3) is 6.54. The fourth-order valence-electron chi connectivity index (χ4n) is 2.30. The van der Waals surface area contributed by atoms with Crippen LogP contribution in [0.3, 0.4) is 0 Å². The van der Waals surface area contributed by atoms with E-state index in [4.69, 9.17) is 18.9 Å². The molecule has 0 aromatic carbocycles. The first-order valence-corrected chi connectivity index (χ1v) is 8.15. The Kier molecular flexibility index (Phi) is 7.39. The van der Waals surface area contributed by atoms with E-state index in [0.29, 0.717) is 6.42 Å². The lowest BCUT2D eigenvalue weighted by Crippen LogP contribution is -2.18. The fourth-order valence-corrected chi connectivity index (χ4v) is 2.30. The minimum Gasteiger partial charge on any atom is -0.481 e. The van der Waals surface area contributed by atoms with Crippen molar-refractivity contribution in [2.75, 3.05) is 32.8 Å². The van der Waals surface area contributed by atoms with Crippen LogP contribution in [0.15, 0.2) is 6.07 Å². The Morgan fingerprint density at radius 2 is 2.12 bits per heavy atom. The van der Waals surface area contributed by atoms with Gasteiger partial charge in [0.25, 0.3) is 0 Å². The molecule has 2 heterocycles. The lowest BCUT2D eigenvalue weighted by molar-refractivity contribution is -0.147. The lowest BCUT2D eigenvalue weighted by atomic mass is 10.2. The topological polar surface area (TPSA) is 109 Å². The number of carbonyl (C=O) groups is 2. The Hall–Kier alpha value is -2.42. The summed E-state index contributed by atoms with van der Waals surface area (Å²) >= 11 is 0. The number of rotatable bonds is 9. The maximum absolute atomic E-state index is 11.9. The van der Waals surface area contributed by atoms with Gasteiger partial charge in [-0.1, -0.05) is 0 Å². The molecule has 0 spiro atoms. The van der Waals surface area contributed by atoms with E-state index in [1.54, 1.807) is 0 Å². The second-order valence-electron chi connectivity index (χ2n) is 5.50. The van der Waals surface area contributed by atoms with Crippen LogP contribution in [0.1, 0.15) is 32.1 Å². The number of nitrogens with one attached hydrogen (secondary N) is 1. The summed E-state index contributed by atoms with van der Waals surface area (Å²) in [4.78, 5) is 31.5. The predicted octanol–water partition coefficient (Wildman–Crippen LogP) is 1.32. The van der Waals surface area contributed by atoms with Crippen LogP contribution in [0.4, 0.5) is 5.82 Å². The first-order valence-electron chi connectivity index (χ1n) is 8.15. The fraction of sp³-hybridized carbons (Fsp3) is 0.625. The molecule has 0 radical (unpaired) electrons. The van der Waals surface area contributed by atoms with E-state index in [9.17, 15) is 9.59 Å².